The van der Waals surface area contributed by atoms with Crippen LogP contribution in [0.25, 0.3) is 22.5 Å². The number of hydrogen-bond donors (Lipinski definition) is 1. The first kappa shape index (κ1) is 17.6. The van der Waals surface area contributed by atoms with Crippen molar-refractivity contribution in [3.8, 4) is 28.5 Å². The van der Waals surface area contributed by atoms with Gasteiger partial charge >= 0.3 is 6.09 Å². The minimum absolute atomic E-state index is 0.0461. The van der Waals surface area contributed by atoms with Crippen LogP contribution < -0.4 is 5.32 Å². The molecular weight excluding hydrogens is 352 g/mol. The van der Waals surface area contributed by atoms with Gasteiger partial charge in [-0.25, -0.2) is 4.79 Å². The second-order valence-electron chi connectivity index (χ2n) is 5.30. The molecule has 6 heteroatoms. The van der Waals surface area contributed by atoms with E-state index < -0.39 is 6.09 Å². The molecule has 3 rings (SSSR count). The fourth-order valence-electron chi connectivity index (χ4n) is 2.56. The maximum Gasteiger partial charge on any atom is 0.414 e. The van der Waals surface area contributed by atoms with Gasteiger partial charge in [0.1, 0.15) is 24.0 Å². The van der Waals surface area contributed by atoms with Crippen molar-refractivity contribution in [1.29, 1.82) is 5.26 Å². The first-order chi connectivity index (χ1) is 12.7. The SMILES string of the molecule is N#Cc1c(NC(=O)OCCCl)oc(-c2ccccc2)c1-c1ccccc1. The molecule has 1 N–H and O–H groups in total. The Balaban J connectivity index is 2.11. The molecule has 1 aromatic heterocycles. The first-order valence-corrected chi connectivity index (χ1v) is 8.45. The van der Waals surface area contributed by atoms with Crippen LogP contribution in [-0.4, -0.2) is 18.6 Å². The van der Waals surface area contributed by atoms with Crippen molar-refractivity contribution in [1.82, 2.24) is 0 Å². The van der Waals surface area contributed by atoms with Crippen LogP contribution in [0.2, 0.25) is 0 Å². The molecule has 130 valence electrons. The molecule has 26 heavy (non-hydrogen) atoms. The topological polar surface area (TPSA) is 75.3 Å². The number of carbonyl (C=O) groups excluding carboxylic acids is 1. The Morgan fingerprint density at radius 2 is 1.69 bits per heavy atom. The predicted molar refractivity (Wildman–Crippen MR) is 100.0 cm³/mol. The van der Waals surface area contributed by atoms with Crippen LogP contribution in [-0.2, 0) is 4.74 Å². The standard InChI is InChI=1S/C20H15ClN2O3/c21-11-12-25-20(24)23-19-16(13-22)17(14-7-3-1-4-8-14)18(26-19)15-9-5-2-6-10-15/h1-10H,11-12H2,(H,23,24). The van der Waals surface area contributed by atoms with E-state index in [0.29, 0.717) is 11.3 Å². The van der Waals surface area contributed by atoms with Crippen molar-refractivity contribution in [3.05, 3.63) is 66.2 Å². The number of rotatable bonds is 5. The fourth-order valence-corrected chi connectivity index (χ4v) is 2.64. The highest BCUT2D eigenvalue weighted by molar-refractivity contribution is 6.18. The van der Waals surface area contributed by atoms with E-state index in [1.807, 2.05) is 60.7 Å². The molecule has 5 nitrogen and oxygen atoms in total. The summed E-state index contributed by atoms with van der Waals surface area (Å²) >= 11 is 5.52. The lowest BCUT2D eigenvalue weighted by atomic mass is 9.98. The monoisotopic (exact) mass is 366 g/mol. The molecule has 0 unspecified atom stereocenters. The Labute approximate surface area is 155 Å². The summed E-state index contributed by atoms with van der Waals surface area (Å²) in [6, 6.07) is 20.9. The summed E-state index contributed by atoms with van der Waals surface area (Å²) < 4.78 is 10.8. The molecule has 0 aliphatic heterocycles. The highest BCUT2D eigenvalue weighted by atomic mass is 35.5. The largest absolute Gasteiger partial charge is 0.448 e. The van der Waals surface area contributed by atoms with E-state index >= 15 is 0 Å². The lowest BCUT2D eigenvalue weighted by Crippen LogP contribution is -2.15. The van der Waals surface area contributed by atoms with E-state index in [9.17, 15) is 10.1 Å². The second-order valence-corrected chi connectivity index (χ2v) is 5.68. The third kappa shape index (κ3) is 3.71. The second kappa shape index (κ2) is 8.24. The van der Waals surface area contributed by atoms with Crippen LogP contribution in [0.1, 0.15) is 5.56 Å². The summed E-state index contributed by atoms with van der Waals surface area (Å²) in [5, 5.41) is 12.2. The van der Waals surface area contributed by atoms with Crippen LogP contribution >= 0.6 is 11.6 Å². The molecule has 0 saturated heterocycles. The van der Waals surface area contributed by atoms with Gasteiger partial charge in [0.2, 0.25) is 5.88 Å². The number of hydrogen-bond acceptors (Lipinski definition) is 4. The number of amides is 1. The maximum absolute atomic E-state index is 11.9. The number of nitrogens with zero attached hydrogens (tertiary/aromatic N) is 1. The molecule has 0 atom stereocenters. The fraction of sp³-hybridized carbons (Fsp3) is 0.100. The Morgan fingerprint density at radius 3 is 2.27 bits per heavy atom. The highest BCUT2D eigenvalue weighted by Gasteiger charge is 2.24. The molecule has 0 spiro atoms. The van der Waals surface area contributed by atoms with Gasteiger partial charge in [-0.2, -0.15) is 5.26 Å². The molecule has 0 saturated carbocycles. The lowest BCUT2D eigenvalue weighted by Gasteiger charge is -2.03. The molecule has 0 aliphatic carbocycles. The summed E-state index contributed by atoms with van der Waals surface area (Å²) in [6.07, 6.45) is -0.727. The quantitative estimate of drug-likeness (QED) is 0.624. The van der Waals surface area contributed by atoms with E-state index in [0.717, 1.165) is 11.1 Å². The number of nitrogens with one attached hydrogen (secondary N) is 1. The van der Waals surface area contributed by atoms with Crippen LogP contribution in [0, 0.1) is 11.3 Å². The summed E-state index contributed by atoms with van der Waals surface area (Å²) in [6.45, 7) is 0.0626. The van der Waals surface area contributed by atoms with Gasteiger partial charge in [-0.15, -0.1) is 11.6 Å². The Hall–Kier alpha value is -3.23. The summed E-state index contributed by atoms with van der Waals surface area (Å²) in [4.78, 5) is 11.9. The number of alkyl halides is 1. The number of carbonyl (C=O) groups is 1. The number of halogens is 1. The van der Waals surface area contributed by atoms with E-state index in [1.54, 1.807) is 0 Å². The number of furan rings is 1. The third-order valence-corrected chi connectivity index (χ3v) is 3.80. The molecule has 0 aliphatic rings. The average molecular weight is 367 g/mol. The van der Waals surface area contributed by atoms with Crippen LogP contribution in [0.5, 0.6) is 0 Å². The van der Waals surface area contributed by atoms with Crippen molar-refractivity contribution in [2.45, 2.75) is 0 Å². The average Bonchev–Trinajstić information content (AvgIpc) is 3.05. The van der Waals surface area contributed by atoms with Gasteiger partial charge in [-0.05, 0) is 5.56 Å². The molecular formula is C20H15ClN2O3. The van der Waals surface area contributed by atoms with Crippen LogP contribution in [0.4, 0.5) is 10.7 Å². The normalized spacial score (nSPS) is 10.2. The molecule has 0 radical (unpaired) electrons. The van der Waals surface area contributed by atoms with Crippen LogP contribution in [0.3, 0.4) is 0 Å². The van der Waals surface area contributed by atoms with Gasteiger partial charge in [-0.3, -0.25) is 5.32 Å². The molecule has 2 aromatic carbocycles. The highest BCUT2D eigenvalue weighted by Crippen LogP contribution is 2.41. The third-order valence-electron chi connectivity index (χ3n) is 3.64. The van der Waals surface area contributed by atoms with Gasteiger partial charge in [0.25, 0.3) is 0 Å². The number of anilines is 1. The number of benzene rings is 2. The zero-order chi connectivity index (χ0) is 18.4. The van der Waals surface area contributed by atoms with Gasteiger partial charge in [-0.1, -0.05) is 60.7 Å². The predicted octanol–water partition coefficient (Wildman–Crippen LogP) is 5.27. The van der Waals surface area contributed by atoms with E-state index in [4.69, 9.17) is 20.8 Å². The van der Waals surface area contributed by atoms with Crippen molar-refractivity contribution < 1.29 is 13.9 Å². The lowest BCUT2D eigenvalue weighted by molar-refractivity contribution is 0.168. The van der Waals surface area contributed by atoms with Crippen molar-refractivity contribution in [2.75, 3.05) is 17.8 Å². The molecule has 1 amide bonds. The van der Waals surface area contributed by atoms with Crippen molar-refractivity contribution >= 4 is 23.6 Å². The molecule has 3 aromatic rings. The number of nitriles is 1. The Kier molecular flexibility index (Phi) is 5.57. The minimum Gasteiger partial charge on any atom is -0.448 e. The summed E-state index contributed by atoms with van der Waals surface area (Å²) in [5.41, 5.74) is 2.46. The molecule has 1 heterocycles. The van der Waals surface area contributed by atoms with Crippen LogP contribution in [0.15, 0.2) is 65.1 Å². The van der Waals surface area contributed by atoms with Gasteiger partial charge in [0.05, 0.1) is 5.88 Å². The molecule has 0 bridgehead atoms. The maximum atomic E-state index is 11.9. The Morgan fingerprint density at radius 1 is 1.08 bits per heavy atom. The first-order valence-electron chi connectivity index (χ1n) is 7.92. The van der Waals surface area contributed by atoms with Crippen molar-refractivity contribution in [2.24, 2.45) is 0 Å². The zero-order valence-electron chi connectivity index (χ0n) is 13.7. The van der Waals surface area contributed by atoms with Crippen molar-refractivity contribution in [3.63, 3.8) is 0 Å². The van der Waals surface area contributed by atoms with E-state index in [1.165, 1.54) is 0 Å². The smallest absolute Gasteiger partial charge is 0.414 e. The summed E-state index contributed by atoms with van der Waals surface area (Å²) in [5.74, 6) is 0.729. The van der Waals surface area contributed by atoms with E-state index in [2.05, 4.69) is 11.4 Å². The van der Waals surface area contributed by atoms with Gasteiger partial charge in [0.15, 0.2) is 0 Å². The summed E-state index contributed by atoms with van der Waals surface area (Å²) in [7, 11) is 0. The zero-order valence-corrected chi connectivity index (χ0v) is 14.5. The van der Waals surface area contributed by atoms with Gasteiger partial charge < -0.3 is 9.15 Å². The number of ether oxygens (including phenoxy) is 1. The van der Waals surface area contributed by atoms with Gasteiger partial charge in [0, 0.05) is 11.1 Å². The van der Waals surface area contributed by atoms with E-state index in [-0.39, 0.29) is 23.9 Å². The Bertz CT molecular complexity index is 931. The minimum atomic E-state index is -0.727. The molecule has 0 fully saturated rings.